The summed E-state index contributed by atoms with van der Waals surface area (Å²) in [6.45, 7) is 12.4. The summed E-state index contributed by atoms with van der Waals surface area (Å²) in [5.41, 5.74) is 5.77. The van der Waals surface area contributed by atoms with Crippen LogP contribution < -0.4 is 5.73 Å². The lowest BCUT2D eigenvalue weighted by molar-refractivity contribution is 0.0186. The minimum Gasteiger partial charge on any atom is -0.444 e. The van der Waals surface area contributed by atoms with E-state index in [-0.39, 0.29) is 6.09 Å². The van der Waals surface area contributed by atoms with E-state index in [2.05, 4.69) is 32.3 Å². The smallest absolute Gasteiger partial charge is 0.410 e. The molecule has 3 heterocycles. The van der Waals surface area contributed by atoms with Gasteiger partial charge < -0.3 is 20.3 Å². The summed E-state index contributed by atoms with van der Waals surface area (Å²) in [6.07, 6.45) is 2.10. The van der Waals surface area contributed by atoms with E-state index in [9.17, 15) is 4.79 Å². The van der Waals surface area contributed by atoms with E-state index in [1.165, 1.54) is 17.7 Å². The van der Waals surface area contributed by atoms with Crippen LogP contribution in [0.3, 0.4) is 0 Å². The number of hydrogen-bond acceptors (Lipinski definition) is 5. The molecule has 0 unspecified atom stereocenters. The van der Waals surface area contributed by atoms with Gasteiger partial charge in [-0.05, 0) is 64.1 Å². The molecule has 2 N–H and O–H groups in total. The van der Waals surface area contributed by atoms with Gasteiger partial charge in [-0.3, -0.25) is 9.89 Å². The molecule has 1 amide bonds. The summed E-state index contributed by atoms with van der Waals surface area (Å²) in [6, 6.07) is 4.34. The molecule has 2 saturated heterocycles. The van der Waals surface area contributed by atoms with E-state index in [4.69, 9.17) is 10.5 Å². The Labute approximate surface area is 178 Å². The predicted molar refractivity (Wildman–Crippen MR) is 118 cm³/mol. The Morgan fingerprint density at radius 1 is 1.17 bits per heavy atom. The van der Waals surface area contributed by atoms with Crippen molar-refractivity contribution in [1.82, 2.24) is 14.7 Å². The number of likely N-dealkylation sites (tertiary alicyclic amines) is 1. The lowest BCUT2D eigenvalue weighted by Crippen LogP contribution is -2.53. The molecule has 0 aliphatic carbocycles. The van der Waals surface area contributed by atoms with E-state index in [1.54, 1.807) is 4.90 Å². The second kappa shape index (κ2) is 9.80. The molecule has 162 valence electrons. The number of carbonyl (C=O) groups is 1. The van der Waals surface area contributed by atoms with Crippen molar-refractivity contribution in [1.29, 1.82) is 0 Å². The van der Waals surface area contributed by atoms with Crippen LogP contribution in [0.15, 0.2) is 22.5 Å². The van der Waals surface area contributed by atoms with Gasteiger partial charge in [0, 0.05) is 44.1 Å². The van der Waals surface area contributed by atoms with Crippen molar-refractivity contribution in [2.24, 2.45) is 16.6 Å². The average molecular weight is 422 g/mol. The van der Waals surface area contributed by atoms with Gasteiger partial charge in [0.25, 0.3) is 0 Å². The van der Waals surface area contributed by atoms with E-state index < -0.39 is 5.60 Å². The summed E-state index contributed by atoms with van der Waals surface area (Å²) >= 11 is 1.83. The van der Waals surface area contributed by atoms with E-state index >= 15 is 0 Å². The van der Waals surface area contributed by atoms with Gasteiger partial charge in [0.2, 0.25) is 0 Å². The first-order chi connectivity index (χ1) is 13.8. The number of carbonyl (C=O) groups excluding carboxylic acids is 1. The molecule has 2 aliphatic heterocycles. The summed E-state index contributed by atoms with van der Waals surface area (Å²) in [7, 11) is 0. The second-order valence-electron chi connectivity index (χ2n) is 8.95. The molecule has 0 radical (unpaired) electrons. The predicted octanol–water partition coefficient (Wildman–Crippen LogP) is 2.83. The third-order valence-electron chi connectivity index (χ3n) is 5.43. The van der Waals surface area contributed by atoms with E-state index in [0.29, 0.717) is 38.1 Å². The molecule has 2 fully saturated rings. The summed E-state index contributed by atoms with van der Waals surface area (Å²) in [4.78, 5) is 24.6. The van der Waals surface area contributed by atoms with Crippen molar-refractivity contribution in [3.63, 3.8) is 0 Å². The number of piperazine rings is 1. The second-order valence-corrected chi connectivity index (χ2v) is 9.98. The zero-order valence-corrected chi connectivity index (χ0v) is 18.8. The first-order valence-corrected chi connectivity index (χ1v) is 11.5. The number of nitrogens with zero attached hydrogens (tertiary/aromatic N) is 4. The van der Waals surface area contributed by atoms with Crippen LogP contribution in [0.25, 0.3) is 0 Å². The number of rotatable bonds is 4. The molecule has 1 aromatic rings. The topological polar surface area (TPSA) is 74.4 Å². The minimum absolute atomic E-state index is 0.248. The molecule has 8 heteroatoms. The maximum absolute atomic E-state index is 12.2. The maximum Gasteiger partial charge on any atom is 0.410 e. The molecule has 0 bridgehead atoms. The number of piperidine rings is 1. The van der Waals surface area contributed by atoms with Crippen LogP contribution in [0.2, 0.25) is 0 Å². The monoisotopic (exact) mass is 421 g/mol. The van der Waals surface area contributed by atoms with Gasteiger partial charge in [-0.15, -0.1) is 11.3 Å². The Morgan fingerprint density at radius 2 is 1.83 bits per heavy atom. The molecule has 0 spiro atoms. The molecule has 0 aromatic carbocycles. The van der Waals surface area contributed by atoms with Crippen molar-refractivity contribution < 1.29 is 9.53 Å². The fourth-order valence-electron chi connectivity index (χ4n) is 3.72. The van der Waals surface area contributed by atoms with Crippen molar-refractivity contribution in [3.05, 3.63) is 22.4 Å². The van der Waals surface area contributed by atoms with Gasteiger partial charge in [0.15, 0.2) is 5.96 Å². The minimum atomic E-state index is -0.464. The summed E-state index contributed by atoms with van der Waals surface area (Å²) < 4.78 is 5.44. The Kier molecular flexibility index (Phi) is 7.40. The number of nitrogens with two attached hydrogens (primary N) is 1. The third kappa shape index (κ3) is 6.89. The Balaban J connectivity index is 1.37. The summed E-state index contributed by atoms with van der Waals surface area (Å²) in [5, 5.41) is 2.15. The highest BCUT2D eigenvalue weighted by Crippen LogP contribution is 2.21. The molecular formula is C21H35N5O2S. The lowest BCUT2D eigenvalue weighted by Gasteiger charge is -2.36. The molecule has 1 aromatic heterocycles. The van der Waals surface area contributed by atoms with Gasteiger partial charge in [0.1, 0.15) is 5.60 Å². The summed E-state index contributed by atoms with van der Waals surface area (Å²) in [5.74, 6) is 1.21. The zero-order valence-electron chi connectivity index (χ0n) is 18.0. The van der Waals surface area contributed by atoms with Crippen molar-refractivity contribution in [2.45, 2.75) is 45.8 Å². The van der Waals surface area contributed by atoms with Crippen LogP contribution in [-0.2, 0) is 11.3 Å². The first-order valence-electron chi connectivity index (χ1n) is 10.6. The number of guanidine groups is 1. The highest BCUT2D eigenvalue weighted by atomic mass is 32.1. The van der Waals surface area contributed by atoms with Crippen LogP contribution in [-0.4, -0.2) is 78.2 Å². The van der Waals surface area contributed by atoms with Crippen LogP contribution in [0, 0.1) is 5.92 Å². The average Bonchev–Trinajstić information content (AvgIpc) is 3.19. The number of aliphatic imine (C=N–C) groups is 1. The van der Waals surface area contributed by atoms with Crippen LogP contribution in [0.1, 0.15) is 38.5 Å². The standard InChI is InChI=1S/C21H35N5O2S/c1-21(2,3)28-20(27)26-12-10-25(11-13-26)19(22)23-15-17-6-8-24(9-7-17)16-18-5-4-14-29-18/h4-5,14,17H,6-13,15-16H2,1-3H3,(H2,22,23). The van der Waals surface area contributed by atoms with E-state index in [0.717, 1.165) is 26.2 Å². The molecule has 0 atom stereocenters. The fourth-order valence-corrected chi connectivity index (χ4v) is 4.46. The first kappa shape index (κ1) is 21.9. The van der Waals surface area contributed by atoms with Gasteiger partial charge >= 0.3 is 6.09 Å². The van der Waals surface area contributed by atoms with Crippen molar-refractivity contribution in [3.8, 4) is 0 Å². The maximum atomic E-state index is 12.2. The highest BCUT2D eigenvalue weighted by molar-refractivity contribution is 7.09. The van der Waals surface area contributed by atoms with Gasteiger partial charge in [-0.2, -0.15) is 0 Å². The van der Waals surface area contributed by atoms with Crippen molar-refractivity contribution >= 4 is 23.4 Å². The number of ether oxygens (including phenoxy) is 1. The molecule has 2 aliphatic rings. The van der Waals surface area contributed by atoms with Gasteiger partial charge in [0.05, 0.1) is 0 Å². The van der Waals surface area contributed by atoms with Gasteiger partial charge in [-0.1, -0.05) is 6.07 Å². The number of amides is 1. The van der Waals surface area contributed by atoms with Gasteiger partial charge in [-0.25, -0.2) is 4.79 Å². The van der Waals surface area contributed by atoms with Crippen molar-refractivity contribution in [2.75, 3.05) is 45.8 Å². The quantitative estimate of drug-likeness (QED) is 0.598. The zero-order chi connectivity index (χ0) is 20.9. The molecular weight excluding hydrogens is 386 g/mol. The largest absolute Gasteiger partial charge is 0.444 e. The van der Waals surface area contributed by atoms with Crippen LogP contribution in [0.5, 0.6) is 0 Å². The fraction of sp³-hybridized carbons (Fsp3) is 0.714. The lowest BCUT2D eigenvalue weighted by atomic mass is 9.97. The van der Waals surface area contributed by atoms with Crippen LogP contribution in [0.4, 0.5) is 4.79 Å². The number of thiophene rings is 1. The Hall–Kier alpha value is -1.80. The normalized spacial score (nSPS) is 20.2. The highest BCUT2D eigenvalue weighted by Gasteiger charge is 2.26. The number of hydrogen-bond donors (Lipinski definition) is 1. The SMILES string of the molecule is CC(C)(C)OC(=O)N1CCN(C(N)=NCC2CCN(Cc3cccs3)CC2)CC1. The van der Waals surface area contributed by atoms with Crippen LogP contribution >= 0.6 is 11.3 Å². The molecule has 7 nitrogen and oxygen atoms in total. The molecule has 29 heavy (non-hydrogen) atoms. The Morgan fingerprint density at radius 3 is 2.41 bits per heavy atom. The molecule has 3 rings (SSSR count). The Bertz CT molecular complexity index is 670. The third-order valence-corrected chi connectivity index (χ3v) is 6.29. The molecule has 0 saturated carbocycles. The van der Waals surface area contributed by atoms with E-state index in [1.807, 2.05) is 32.1 Å².